The maximum absolute atomic E-state index is 12.9. The molecule has 0 saturated heterocycles. The molecule has 7 nitrogen and oxygen atoms in total. The predicted octanol–water partition coefficient (Wildman–Crippen LogP) is 3.93. The molecule has 0 radical (unpaired) electrons. The number of amides is 1. The van der Waals surface area contributed by atoms with Crippen LogP contribution in [0.4, 0.5) is 0 Å². The fraction of sp³-hybridized carbons (Fsp3) is 0.0952. The molecule has 0 aliphatic carbocycles. The first-order valence-electron chi connectivity index (χ1n) is 9.13. The Kier molecular flexibility index (Phi) is 6.36. The van der Waals surface area contributed by atoms with Crippen molar-refractivity contribution >= 4 is 29.3 Å². The third kappa shape index (κ3) is 4.84. The minimum absolute atomic E-state index is 0.268. The topological polar surface area (TPSA) is 85.6 Å². The molecule has 0 fully saturated rings. The molecule has 0 saturated carbocycles. The number of hydrogen-bond donors (Lipinski definition) is 1. The smallest absolute Gasteiger partial charge is 0.274 e. The molecule has 150 valence electrons. The Morgan fingerprint density at radius 1 is 1.00 bits per heavy atom. The van der Waals surface area contributed by atoms with Crippen LogP contribution in [0.15, 0.2) is 78.2 Å². The summed E-state index contributed by atoms with van der Waals surface area (Å²) in [6.45, 7) is 0.405. The van der Waals surface area contributed by atoms with Crippen molar-refractivity contribution in [3.8, 4) is 5.69 Å². The van der Waals surface area contributed by atoms with Gasteiger partial charge in [-0.1, -0.05) is 58.9 Å². The van der Waals surface area contributed by atoms with Gasteiger partial charge in [-0.2, -0.15) is 0 Å². The van der Waals surface area contributed by atoms with Crippen LogP contribution in [0.3, 0.4) is 0 Å². The molecule has 4 rings (SSSR count). The van der Waals surface area contributed by atoms with Crippen molar-refractivity contribution in [1.82, 2.24) is 30.3 Å². The van der Waals surface area contributed by atoms with Crippen LogP contribution in [0, 0.1) is 0 Å². The van der Waals surface area contributed by atoms with Crippen molar-refractivity contribution in [2.75, 3.05) is 0 Å². The standard InChI is InChI=1S/C21H17ClN6OS/c22-16-7-9-17(10-8-16)28-18(14-30-21-23-11-4-12-24-21)19(26-27-28)20(29)25-13-15-5-2-1-3-6-15/h1-12H,13-14H2,(H,25,29). The second-order valence-electron chi connectivity index (χ2n) is 6.26. The average molecular weight is 437 g/mol. The van der Waals surface area contributed by atoms with E-state index >= 15 is 0 Å². The number of hydrogen-bond acceptors (Lipinski definition) is 6. The van der Waals surface area contributed by atoms with Gasteiger partial charge in [0.1, 0.15) is 0 Å². The van der Waals surface area contributed by atoms with Gasteiger partial charge in [-0.3, -0.25) is 4.79 Å². The lowest BCUT2D eigenvalue weighted by molar-refractivity contribution is 0.0945. The first kappa shape index (κ1) is 20.1. The summed E-state index contributed by atoms with van der Waals surface area (Å²) >= 11 is 7.41. The Hall–Kier alpha value is -3.23. The number of aromatic nitrogens is 5. The van der Waals surface area contributed by atoms with E-state index in [0.717, 1.165) is 11.3 Å². The zero-order valence-electron chi connectivity index (χ0n) is 15.8. The van der Waals surface area contributed by atoms with Crippen molar-refractivity contribution < 1.29 is 4.79 Å². The number of halogens is 1. The summed E-state index contributed by atoms with van der Waals surface area (Å²) in [6, 6.07) is 18.7. The molecular weight excluding hydrogens is 420 g/mol. The number of nitrogens with zero attached hydrogens (tertiary/aromatic N) is 5. The van der Waals surface area contributed by atoms with Crippen LogP contribution in [0.1, 0.15) is 21.7 Å². The lowest BCUT2D eigenvalue weighted by Gasteiger charge is -2.08. The highest BCUT2D eigenvalue weighted by Crippen LogP contribution is 2.23. The van der Waals surface area contributed by atoms with Gasteiger partial charge in [-0.15, -0.1) is 5.10 Å². The van der Waals surface area contributed by atoms with Crippen molar-refractivity contribution in [1.29, 1.82) is 0 Å². The first-order chi connectivity index (χ1) is 14.7. The van der Waals surface area contributed by atoms with Gasteiger partial charge in [-0.25, -0.2) is 14.6 Å². The zero-order chi connectivity index (χ0) is 20.8. The van der Waals surface area contributed by atoms with Crippen LogP contribution in [-0.2, 0) is 12.3 Å². The highest BCUT2D eigenvalue weighted by Gasteiger charge is 2.21. The lowest BCUT2D eigenvalue weighted by Crippen LogP contribution is -2.24. The number of rotatable bonds is 7. The molecule has 9 heteroatoms. The zero-order valence-corrected chi connectivity index (χ0v) is 17.3. The quantitative estimate of drug-likeness (QED) is 0.349. The summed E-state index contributed by atoms with van der Waals surface area (Å²) in [6.07, 6.45) is 3.36. The summed E-state index contributed by atoms with van der Waals surface area (Å²) < 4.78 is 1.64. The molecule has 0 bridgehead atoms. The molecule has 2 heterocycles. The SMILES string of the molecule is O=C(NCc1ccccc1)c1nnn(-c2ccc(Cl)cc2)c1CSc1ncccn1. The molecule has 0 spiro atoms. The van der Waals surface area contributed by atoms with E-state index in [2.05, 4.69) is 25.6 Å². The molecule has 0 aliphatic rings. The second-order valence-corrected chi connectivity index (χ2v) is 7.64. The van der Waals surface area contributed by atoms with Crippen LogP contribution in [-0.4, -0.2) is 30.9 Å². The highest BCUT2D eigenvalue weighted by molar-refractivity contribution is 7.98. The lowest BCUT2D eigenvalue weighted by atomic mass is 10.2. The second kappa shape index (κ2) is 9.51. The number of carbonyl (C=O) groups is 1. The monoisotopic (exact) mass is 436 g/mol. The molecule has 30 heavy (non-hydrogen) atoms. The molecule has 0 aliphatic heterocycles. The minimum atomic E-state index is -0.288. The van der Waals surface area contributed by atoms with Crippen LogP contribution in [0.5, 0.6) is 0 Å². The number of carbonyl (C=O) groups excluding carboxylic acids is 1. The summed E-state index contributed by atoms with van der Waals surface area (Å²) in [5.74, 6) is 0.136. The van der Waals surface area contributed by atoms with E-state index < -0.39 is 0 Å². The minimum Gasteiger partial charge on any atom is -0.347 e. The molecule has 0 atom stereocenters. The molecule has 1 N–H and O–H groups in total. The number of thioether (sulfide) groups is 1. The van der Waals surface area contributed by atoms with Gasteiger partial charge < -0.3 is 5.32 Å². The highest BCUT2D eigenvalue weighted by atomic mass is 35.5. The van der Waals surface area contributed by atoms with E-state index in [9.17, 15) is 4.79 Å². The van der Waals surface area contributed by atoms with Gasteiger partial charge in [0.25, 0.3) is 5.91 Å². The van der Waals surface area contributed by atoms with E-state index in [-0.39, 0.29) is 11.6 Å². The van der Waals surface area contributed by atoms with Crippen LogP contribution >= 0.6 is 23.4 Å². The Labute approximate surface area is 182 Å². The van der Waals surface area contributed by atoms with Gasteiger partial charge >= 0.3 is 0 Å². The maximum Gasteiger partial charge on any atom is 0.274 e. The fourth-order valence-electron chi connectivity index (χ4n) is 2.75. The van der Waals surface area contributed by atoms with Gasteiger partial charge in [0, 0.05) is 29.7 Å². The Morgan fingerprint density at radius 3 is 2.47 bits per heavy atom. The Balaban J connectivity index is 1.60. The van der Waals surface area contributed by atoms with Crippen molar-refractivity contribution in [3.05, 3.63) is 95.0 Å². The number of nitrogens with one attached hydrogen (secondary N) is 1. The molecule has 2 aromatic heterocycles. The van der Waals surface area contributed by atoms with Crippen molar-refractivity contribution in [3.63, 3.8) is 0 Å². The molecule has 0 unspecified atom stereocenters. The van der Waals surface area contributed by atoms with Crippen LogP contribution in [0.2, 0.25) is 5.02 Å². The fourth-order valence-corrected chi connectivity index (χ4v) is 3.67. The Bertz CT molecular complexity index is 1120. The van der Waals surface area contributed by atoms with Crippen LogP contribution < -0.4 is 5.32 Å². The van der Waals surface area contributed by atoms with E-state index in [4.69, 9.17) is 11.6 Å². The predicted molar refractivity (Wildman–Crippen MR) is 116 cm³/mol. The van der Waals surface area contributed by atoms with Crippen molar-refractivity contribution in [2.24, 2.45) is 0 Å². The van der Waals surface area contributed by atoms with E-state index in [0.29, 0.717) is 28.2 Å². The van der Waals surface area contributed by atoms with E-state index in [1.807, 2.05) is 42.5 Å². The number of benzene rings is 2. The maximum atomic E-state index is 12.9. The van der Waals surface area contributed by atoms with E-state index in [1.54, 1.807) is 35.3 Å². The average Bonchev–Trinajstić information content (AvgIpc) is 3.22. The third-order valence-corrected chi connectivity index (χ3v) is 5.36. The van der Waals surface area contributed by atoms with Gasteiger partial charge in [0.05, 0.1) is 11.4 Å². The van der Waals surface area contributed by atoms with Gasteiger partial charge in [0.2, 0.25) is 0 Å². The Morgan fingerprint density at radius 2 is 1.73 bits per heavy atom. The largest absolute Gasteiger partial charge is 0.347 e. The van der Waals surface area contributed by atoms with Gasteiger partial charge in [0.15, 0.2) is 10.9 Å². The summed E-state index contributed by atoms with van der Waals surface area (Å²) in [5.41, 5.74) is 2.69. The van der Waals surface area contributed by atoms with Crippen LogP contribution in [0.25, 0.3) is 5.69 Å². The van der Waals surface area contributed by atoms with Gasteiger partial charge in [-0.05, 0) is 35.9 Å². The summed E-state index contributed by atoms with van der Waals surface area (Å²) in [4.78, 5) is 21.3. The molecule has 2 aromatic carbocycles. The summed E-state index contributed by atoms with van der Waals surface area (Å²) in [7, 11) is 0. The first-order valence-corrected chi connectivity index (χ1v) is 10.5. The molecule has 1 amide bonds. The summed E-state index contributed by atoms with van der Waals surface area (Å²) in [5, 5.41) is 12.5. The molecular formula is C21H17ClN6OS. The molecule has 4 aromatic rings. The van der Waals surface area contributed by atoms with E-state index in [1.165, 1.54) is 11.8 Å². The normalized spacial score (nSPS) is 10.7. The third-order valence-electron chi connectivity index (χ3n) is 4.23. The van der Waals surface area contributed by atoms with Crippen molar-refractivity contribution in [2.45, 2.75) is 17.5 Å².